The van der Waals surface area contributed by atoms with E-state index in [9.17, 15) is 0 Å². The molecule has 2 nitrogen and oxygen atoms in total. The number of hydrogen-bond acceptors (Lipinski definition) is 2. The van der Waals surface area contributed by atoms with Crippen molar-refractivity contribution >= 4 is 43.2 Å². The average molecular weight is 625 g/mol. The number of fused-ring (bicyclic) bond motifs is 10. The van der Waals surface area contributed by atoms with Crippen LogP contribution in [0.5, 0.6) is 0 Å². The third kappa shape index (κ3) is 4.20. The molecule has 0 unspecified atom stereocenters. The summed E-state index contributed by atoms with van der Waals surface area (Å²) in [6, 6.07) is 56.9. The molecule has 0 saturated carbocycles. The molecule has 0 saturated heterocycles. The molecule has 9 aromatic rings. The van der Waals surface area contributed by atoms with Crippen molar-refractivity contribution in [3.8, 4) is 44.9 Å². The van der Waals surface area contributed by atoms with Crippen LogP contribution in [0.2, 0.25) is 0 Å². The van der Waals surface area contributed by atoms with Crippen molar-refractivity contribution in [1.29, 1.82) is 0 Å². The Labute approximate surface area is 285 Å². The van der Waals surface area contributed by atoms with E-state index < -0.39 is 0 Å². The van der Waals surface area contributed by atoms with Crippen molar-refractivity contribution in [2.75, 3.05) is 0 Å². The number of benzene rings is 8. The molecule has 0 amide bonds. The second-order valence-corrected chi connectivity index (χ2v) is 13.8. The minimum absolute atomic E-state index is 0.137. The van der Waals surface area contributed by atoms with Gasteiger partial charge in [-0.05, 0) is 96.0 Å². The van der Waals surface area contributed by atoms with Crippen molar-refractivity contribution in [2.24, 2.45) is 0 Å². The summed E-state index contributed by atoms with van der Waals surface area (Å²) < 4.78 is 0. The van der Waals surface area contributed by atoms with Crippen LogP contribution >= 0.6 is 0 Å². The Balaban J connectivity index is 1.11. The Morgan fingerprint density at radius 1 is 0.429 bits per heavy atom. The zero-order valence-electron chi connectivity index (χ0n) is 27.4. The lowest BCUT2D eigenvalue weighted by Gasteiger charge is -2.24. The first kappa shape index (κ1) is 27.9. The first-order chi connectivity index (χ1) is 24.0. The Hall–Kier alpha value is -6.12. The summed E-state index contributed by atoms with van der Waals surface area (Å²) in [5.41, 5.74) is 11.8. The lowest BCUT2D eigenvalue weighted by molar-refractivity contribution is 0.667. The van der Waals surface area contributed by atoms with Gasteiger partial charge in [0.05, 0.1) is 11.2 Å². The quantitative estimate of drug-likeness (QED) is 0.183. The zero-order valence-corrected chi connectivity index (χ0v) is 27.4. The molecule has 1 aliphatic rings. The third-order valence-electron chi connectivity index (χ3n) is 10.6. The number of para-hydroxylation sites is 1. The van der Waals surface area contributed by atoms with Gasteiger partial charge in [0.1, 0.15) is 0 Å². The summed E-state index contributed by atoms with van der Waals surface area (Å²) in [7, 11) is 0. The molecule has 10 rings (SSSR count). The summed E-state index contributed by atoms with van der Waals surface area (Å²) >= 11 is 0. The van der Waals surface area contributed by atoms with Crippen LogP contribution in [0, 0.1) is 0 Å². The topological polar surface area (TPSA) is 25.8 Å². The molecule has 49 heavy (non-hydrogen) atoms. The van der Waals surface area contributed by atoms with Gasteiger partial charge in [0.25, 0.3) is 0 Å². The fraction of sp³-hybridized carbons (Fsp3) is 0.0638. The molecular formula is C47H32N2. The molecule has 0 bridgehead atoms. The minimum atomic E-state index is -0.137. The monoisotopic (exact) mass is 624 g/mol. The third-order valence-corrected chi connectivity index (χ3v) is 10.6. The summed E-state index contributed by atoms with van der Waals surface area (Å²) in [4.78, 5) is 10.2. The summed E-state index contributed by atoms with van der Waals surface area (Å²) in [5, 5.41) is 8.90. The number of rotatable bonds is 3. The average Bonchev–Trinajstić information content (AvgIpc) is 3.39. The Bertz CT molecular complexity index is 2790. The van der Waals surface area contributed by atoms with E-state index in [0.29, 0.717) is 0 Å². The molecular weight excluding hydrogens is 593 g/mol. The zero-order chi connectivity index (χ0) is 32.7. The van der Waals surface area contributed by atoms with Crippen LogP contribution in [0.3, 0.4) is 0 Å². The summed E-state index contributed by atoms with van der Waals surface area (Å²) in [5.74, 6) is 0.733. The van der Waals surface area contributed by atoms with Crippen molar-refractivity contribution in [2.45, 2.75) is 19.3 Å². The largest absolute Gasteiger partial charge is 0.228 e. The van der Waals surface area contributed by atoms with Crippen LogP contribution in [0.1, 0.15) is 25.0 Å². The van der Waals surface area contributed by atoms with Crippen LogP contribution in [-0.4, -0.2) is 9.97 Å². The van der Waals surface area contributed by atoms with Gasteiger partial charge >= 0.3 is 0 Å². The minimum Gasteiger partial charge on any atom is -0.228 e. The van der Waals surface area contributed by atoms with Crippen LogP contribution in [0.4, 0.5) is 0 Å². The second-order valence-electron chi connectivity index (χ2n) is 13.8. The lowest BCUT2D eigenvalue weighted by atomic mass is 9.79. The molecule has 0 spiro atoms. The van der Waals surface area contributed by atoms with Gasteiger partial charge in [-0.15, -0.1) is 0 Å². The molecule has 0 N–H and O–H groups in total. The highest BCUT2D eigenvalue weighted by molar-refractivity contribution is 6.19. The molecule has 8 aromatic carbocycles. The Kier molecular flexibility index (Phi) is 5.95. The first-order valence-electron chi connectivity index (χ1n) is 17.0. The van der Waals surface area contributed by atoms with Crippen LogP contribution in [0.25, 0.3) is 88.1 Å². The molecule has 230 valence electrons. The highest BCUT2D eigenvalue weighted by Crippen LogP contribution is 2.55. The van der Waals surface area contributed by atoms with Crippen molar-refractivity contribution in [1.82, 2.24) is 9.97 Å². The van der Waals surface area contributed by atoms with E-state index in [1.165, 1.54) is 60.1 Å². The van der Waals surface area contributed by atoms with E-state index in [0.717, 1.165) is 39.1 Å². The van der Waals surface area contributed by atoms with Crippen molar-refractivity contribution < 1.29 is 0 Å². The van der Waals surface area contributed by atoms with Gasteiger partial charge in [-0.3, -0.25) is 0 Å². The molecule has 0 atom stereocenters. The fourth-order valence-corrected chi connectivity index (χ4v) is 8.27. The van der Waals surface area contributed by atoms with Crippen LogP contribution < -0.4 is 0 Å². The lowest BCUT2D eigenvalue weighted by Crippen LogP contribution is -2.15. The van der Waals surface area contributed by atoms with Gasteiger partial charge in [-0.25, -0.2) is 9.97 Å². The second kappa shape index (κ2) is 10.4. The fourth-order valence-electron chi connectivity index (χ4n) is 8.27. The van der Waals surface area contributed by atoms with Gasteiger partial charge < -0.3 is 0 Å². The van der Waals surface area contributed by atoms with E-state index in [1.54, 1.807) is 0 Å². The van der Waals surface area contributed by atoms with Crippen LogP contribution in [0.15, 0.2) is 158 Å². The number of aromatic nitrogens is 2. The predicted molar refractivity (Wildman–Crippen MR) is 206 cm³/mol. The molecule has 0 fully saturated rings. The van der Waals surface area contributed by atoms with E-state index in [2.05, 4.69) is 159 Å². The number of nitrogens with zero attached hydrogens (tertiary/aromatic N) is 2. The molecule has 0 aliphatic heterocycles. The molecule has 1 aliphatic carbocycles. The Morgan fingerprint density at radius 2 is 1.06 bits per heavy atom. The SMILES string of the molecule is CC1(C)c2cc3cc(-c4cccc(-c5nc(-c6ccccc6)c6ccccc6n5)c4)ccc3cc2-c2c1c1ccccc1c1ccccc21. The predicted octanol–water partition coefficient (Wildman–Crippen LogP) is 12.4. The molecule has 2 heteroatoms. The van der Waals surface area contributed by atoms with Crippen LogP contribution in [-0.2, 0) is 5.41 Å². The van der Waals surface area contributed by atoms with Gasteiger partial charge in [-0.1, -0.05) is 141 Å². The van der Waals surface area contributed by atoms with Gasteiger partial charge in [-0.2, -0.15) is 0 Å². The maximum absolute atomic E-state index is 5.13. The molecule has 1 heterocycles. The highest BCUT2D eigenvalue weighted by Gasteiger charge is 2.38. The van der Waals surface area contributed by atoms with Crippen molar-refractivity contribution in [3.05, 3.63) is 169 Å². The maximum Gasteiger partial charge on any atom is 0.160 e. The highest BCUT2D eigenvalue weighted by atomic mass is 14.9. The molecule has 1 aromatic heterocycles. The van der Waals surface area contributed by atoms with E-state index in [4.69, 9.17) is 9.97 Å². The Morgan fingerprint density at radius 3 is 1.88 bits per heavy atom. The maximum atomic E-state index is 5.13. The normalized spacial score (nSPS) is 13.3. The van der Waals surface area contributed by atoms with E-state index in [-0.39, 0.29) is 5.41 Å². The van der Waals surface area contributed by atoms with Gasteiger partial charge in [0.2, 0.25) is 0 Å². The van der Waals surface area contributed by atoms with Crippen molar-refractivity contribution in [3.63, 3.8) is 0 Å². The van der Waals surface area contributed by atoms with E-state index >= 15 is 0 Å². The standard InChI is InChI=1S/C47H32N2/c1-47(2)41-28-34-26-31(23-24-32(34)27-40(41)43-37-19-8-6-17-35(37)36-18-7-9-20-38(36)44(43)47)30-15-12-16-33(25-30)46-48-42-22-11-10-21-39(42)45(49-46)29-13-4-3-5-14-29/h3-28H,1-2H3. The summed E-state index contributed by atoms with van der Waals surface area (Å²) in [6.45, 7) is 4.79. The van der Waals surface area contributed by atoms with Gasteiger partial charge in [0.15, 0.2) is 5.82 Å². The molecule has 0 radical (unpaired) electrons. The smallest absolute Gasteiger partial charge is 0.160 e. The first-order valence-corrected chi connectivity index (χ1v) is 17.0. The summed E-state index contributed by atoms with van der Waals surface area (Å²) in [6.07, 6.45) is 0. The number of hydrogen-bond donors (Lipinski definition) is 0. The van der Waals surface area contributed by atoms with Gasteiger partial charge in [0, 0.05) is 21.9 Å². The van der Waals surface area contributed by atoms with E-state index in [1.807, 2.05) is 12.1 Å².